The fourth-order valence-electron chi connectivity index (χ4n) is 2.81. The molecule has 1 aliphatic heterocycles. The van der Waals surface area contributed by atoms with Crippen molar-refractivity contribution in [3.8, 4) is 0 Å². The van der Waals surface area contributed by atoms with Gasteiger partial charge in [-0.05, 0) is 46.1 Å². The van der Waals surface area contributed by atoms with Crippen molar-refractivity contribution < 1.29 is 14.6 Å². The number of rotatable bonds is 4. The van der Waals surface area contributed by atoms with Gasteiger partial charge in [0.15, 0.2) is 0 Å². The van der Waals surface area contributed by atoms with Gasteiger partial charge < -0.3 is 20.1 Å². The molecule has 1 aromatic rings. The number of hydrogen-bond donors (Lipinski definition) is 2. The molecule has 2 N–H and O–H groups in total. The number of ether oxygens (including phenoxy) is 1. The number of benzene rings is 1. The monoisotopic (exact) mass is 334 g/mol. The van der Waals surface area contributed by atoms with Crippen molar-refractivity contribution in [2.45, 2.75) is 57.8 Å². The van der Waals surface area contributed by atoms with E-state index in [2.05, 4.69) is 24.4 Å². The minimum Gasteiger partial charge on any atom is -0.444 e. The van der Waals surface area contributed by atoms with Crippen LogP contribution in [0.4, 0.5) is 4.79 Å². The first-order valence-corrected chi connectivity index (χ1v) is 8.67. The molecule has 0 unspecified atom stereocenters. The third kappa shape index (κ3) is 5.49. The molecule has 1 amide bonds. The van der Waals surface area contributed by atoms with Gasteiger partial charge in [0, 0.05) is 25.7 Å². The van der Waals surface area contributed by atoms with E-state index >= 15 is 0 Å². The Balaban J connectivity index is 1.81. The van der Waals surface area contributed by atoms with Crippen LogP contribution in [0.25, 0.3) is 0 Å². The zero-order valence-electron chi connectivity index (χ0n) is 15.2. The molecule has 0 radical (unpaired) electrons. The Morgan fingerprint density at radius 1 is 1.29 bits per heavy atom. The zero-order chi connectivity index (χ0) is 17.8. The van der Waals surface area contributed by atoms with Crippen molar-refractivity contribution in [3.05, 3.63) is 35.9 Å². The molecule has 1 aromatic carbocycles. The Labute approximate surface area is 145 Å². The molecule has 5 nitrogen and oxygen atoms in total. The Morgan fingerprint density at radius 2 is 1.88 bits per heavy atom. The third-order valence-corrected chi connectivity index (χ3v) is 4.38. The minimum atomic E-state index is -0.776. The molecule has 134 valence electrons. The average Bonchev–Trinajstić information content (AvgIpc) is 2.52. The van der Waals surface area contributed by atoms with Crippen LogP contribution in [0.15, 0.2) is 30.3 Å². The number of piperidine rings is 1. The molecule has 0 aromatic heterocycles. The molecule has 0 aliphatic carbocycles. The van der Waals surface area contributed by atoms with E-state index in [1.54, 1.807) is 4.90 Å². The second-order valence-electron chi connectivity index (χ2n) is 7.71. The lowest BCUT2D eigenvalue weighted by Crippen LogP contribution is -2.52. The van der Waals surface area contributed by atoms with Crippen LogP contribution in [0, 0.1) is 0 Å². The van der Waals surface area contributed by atoms with Crippen molar-refractivity contribution in [2.24, 2.45) is 0 Å². The fraction of sp³-hybridized carbons (Fsp3) is 0.632. The number of nitrogens with zero attached hydrogens (tertiary/aromatic N) is 1. The molecule has 24 heavy (non-hydrogen) atoms. The Kier molecular flexibility index (Phi) is 5.88. The minimum absolute atomic E-state index is 0.180. The van der Waals surface area contributed by atoms with Gasteiger partial charge in [-0.1, -0.05) is 30.3 Å². The first-order chi connectivity index (χ1) is 11.2. The number of amides is 1. The quantitative estimate of drug-likeness (QED) is 0.888. The standard InChI is InChI=1S/C19H30N2O3/c1-15(16-8-6-5-7-9-16)20-14-19(23)10-12-21(13-11-19)17(22)24-18(2,3)4/h5-9,15,20,23H,10-14H2,1-4H3/t15-/m0/s1. The lowest BCUT2D eigenvalue weighted by Gasteiger charge is -2.39. The number of hydrogen-bond acceptors (Lipinski definition) is 4. The molecule has 1 fully saturated rings. The summed E-state index contributed by atoms with van der Waals surface area (Å²) in [5, 5.41) is 14.2. The fourth-order valence-corrected chi connectivity index (χ4v) is 2.81. The summed E-state index contributed by atoms with van der Waals surface area (Å²) in [4.78, 5) is 13.8. The second kappa shape index (κ2) is 7.53. The Hall–Kier alpha value is -1.59. The van der Waals surface area contributed by atoms with E-state index in [0.717, 1.165) is 0 Å². The number of likely N-dealkylation sites (tertiary alicyclic amines) is 1. The van der Waals surface area contributed by atoms with Crippen molar-refractivity contribution in [2.75, 3.05) is 19.6 Å². The van der Waals surface area contributed by atoms with Crippen LogP contribution in [0.3, 0.4) is 0 Å². The van der Waals surface area contributed by atoms with E-state index in [1.165, 1.54) is 5.56 Å². The Bertz CT molecular complexity index is 531. The van der Waals surface area contributed by atoms with E-state index in [9.17, 15) is 9.90 Å². The van der Waals surface area contributed by atoms with E-state index in [-0.39, 0.29) is 12.1 Å². The first-order valence-electron chi connectivity index (χ1n) is 8.67. The highest BCUT2D eigenvalue weighted by molar-refractivity contribution is 5.68. The molecule has 5 heteroatoms. The van der Waals surface area contributed by atoms with E-state index in [1.807, 2.05) is 39.0 Å². The molecule has 1 heterocycles. The average molecular weight is 334 g/mol. The predicted molar refractivity (Wildman–Crippen MR) is 94.9 cm³/mol. The van der Waals surface area contributed by atoms with Crippen molar-refractivity contribution >= 4 is 6.09 Å². The van der Waals surface area contributed by atoms with Crippen LogP contribution in [0.2, 0.25) is 0 Å². The summed E-state index contributed by atoms with van der Waals surface area (Å²) < 4.78 is 5.39. The molecule has 1 atom stereocenters. The molecule has 0 saturated carbocycles. The van der Waals surface area contributed by atoms with Crippen molar-refractivity contribution in [3.63, 3.8) is 0 Å². The summed E-state index contributed by atoms with van der Waals surface area (Å²) in [7, 11) is 0. The van der Waals surface area contributed by atoms with Crippen LogP contribution in [0.5, 0.6) is 0 Å². The van der Waals surface area contributed by atoms with E-state index in [0.29, 0.717) is 32.5 Å². The maximum atomic E-state index is 12.1. The highest BCUT2D eigenvalue weighted by atomic mass is 16.6. The largest absolute Gasteiger partial charge is 0.444 e. The summed E-state index contributed by atoms with van der Waals surface area (Å²) in [6.07, 6.45) is 0.816. The third-order valence-electron chi connectivity index (χ3n) is 4.38. The topological polar surface area (TPSA) is 61.8 Å². The molecule has 0 spiro atoms. The number of carbonyl (C=O) groups excluding carboxylic acids is 1. The van der Waals surface area contributed by atoms with Gasteiger partial charge in [0.05, 0.1) is 5.60 Å². The lowest BCUT2D eigenvalue weighted by atomic mass is 9.91. The summed E-state index contributed by atoms with van der Waals surface area (Å²) in [5.41, 5.74) is -0.0636. The van der Waals surface area contributed by atoms with Gasteiger partial charge in [0.1, 0.15) is 5.60 Å². The van der Waals surface area contributed by atoms with Crippen LogP contribution in [-0.4, -0.2) is 46.9 Å². The Morgan fingerprint density at radius 3 is 2.42 bits per heavy atom. The normalized spacial score (nSPS) is 19.0. The van der Waals surface area contributed by atoms with Crippen LogP contribution in [-0.2, 0) is 4.74 Å². The van der Waals surface area contributed by atoms with Crippen LogP contribution in [0.1, 0.15) is 52.1 Å². The highest BCUT2D eigenvalue weighted by Gasteiger charge is 2.35. The number of carbonyl (C=O) groups is 1. The highest BCUT2D eigenvalue weighted by Crippen LogP contribution is 2.24. The summed E-state index contributed by atoms with van der Waals surface area (Å²) >= 11 is 0. The lowest BCUT2D eigenvalue weighted by molar-refractivity contribution is -0.0319. The summed E-state index contributed by atoms with van der Waals surface area (Å²) in [5.74, 6) is 0. The van der Waals surface area contributed by atoms with Crippen LogP contribution < -0.4 is 5.32 Å². The number of aliphatic hydroxyl groups is 1. The van der Waals surface area contributed by atoms with Crippen molar-refractivity contribution in [1.29, 1.82) is 0 Å². The predicted octanol–water partition coefficient (Wildman–Crippen LogP) is 3.10. The van der Waals surface area contributed by atoms with Gasteiger partial charge in [0.2, 0.25) is 0 Å². The van der Waals surface area contributed by atoms with Gasteiger partial charge in [-0.15, -0.1) is 0 Å². The van der Waals surface area contributed by atoms with E-state index < -0.39 is 11.2 Å². The van der Waals surface area contributed by atoms with Gasteiger partial charge >= 0.3 is 6.09 Å². The van der Waals surface area contributed by atoms with Gasteiger partial charge in [0.25, 0.3) is 0 Å². The first kappa shape index (κ1) is 18.7. The number of nitrogens with one attached hydrogen (secondary N) is 1. The van der Waals surface area contributed by atoms with Crippen LogP contribution >= 0.6 is 0 Å². The maximum absolute atomic E-state index is 12.1. The van der Waals surface area contributed by atoms with Crippen molar-refractivity contribution in [1.82, 2.24) is 10.2 Å². The molecule has 1 aliphatic rings. The molecule has 2 rings (SSSR count). The molecular weight excluding hydrogens is 304 g/mol. The smallest absolute Gasteiger partial charge is 0.410 e. The molecular formula is C19H30N2O3. The summed E-state index contributed by atoms with van der Waals surface area (Å²) in [6.45, 7) is 9.24. The van der Waals surface area contributed by atoms with E-state index in [4.69, 9.17) is 4.74 Å². The SMILES string of the molecule is C[C@H](NCC1(O)CCN(C(=O)OC(C)(C)C)CC1)c1ccccc1. The maximum Gasteiger partial charge on any atom is 0.410 e. The van der Waals surface area contributed by atoms with Gasteiger partial charge in [-0.25, -0.2) is 4.79 Å². The molecule has 0 bridgehead atoms. The molecule has 1 saturated heterocycles. The van der Waals surface area contributed by atoms with Gasteiger partial charge in [-0.3, -0.25) is 0 Å². The zero-order valence-corrected chi connectivity index (χ0v) is 15.2. The summed E-state index contributed by atoms with van der Waals surface area (Å²) in [6, 6.07) is 10.4. The second-order valence-corrected chi connectivity index (χ2v) is 7.71. The van der Waals surface area contributed by atoms with Gasteiger partial charge in [-0.2, -0.15) is 0 Å².